The minimum atomic E-state index is -0.975. The number of halogens is 1. The maximum absolute atomic E-state index is 13.3. The molecular weight excluding hydrogens is 327 g/mol. The van der Waals surface area contributed by atoms with Crippen LogP contribution < -0.4 is 16.4 Å². The molecule has 0 aromatic heterocycles. The number of hydrogen-bond acceptors (Lipinski definition) is 4. The first-order valence-corrected chi connectivity index (χ1v) is 7.81. The van der Waals surface area contributed by atoms with Gasteiger partial charge in [-0.15, -0.1) is 0 Å². The third-order valence-corrected chi connectivity index (χ3v) is 3.46. The molecule has 1 aromatic carbocycles. The van der Waals surface area contributed by atoms with Crippen LogP contribution in [0.25, 0.3) is 0 Å². The molecule has 0 spiro atoms. The summed E-state index contributed by atoms with van der Waals surface area (Å²) in [6.45, 7) is 1.25. The van der Waals surface area contributed by atoms with Gasteiger partial charge in [-0.1, -0.05) is 12.1 Å². The summed E-state index contributed by atoms with van der Waals surface area (Å²) in [5.74, 6) is -2.21. The van der Waals surface area contributed by atoms with Gasteiger partial charge < -0.3 is 16.4 Å². The number of primary amides is 1. The molecular formula is C17H21FN4O3. The average molecular weight is 348 g/mol. The van der Waals surface area contributed by atoms with Crippen molar-refractivity contribution >= 4 is 17.7 Å². The van der Waals surface area contributed by atoms with Gasteiger partial charge in [0.15, 0.2) is 0 Å². The molecule has 25 heavy (non-hydrogen) atoms. The Kier molecular flexibility index (Phi) is 8.06. The Hall–Kier alpha value is -2.95. The number of nitriles is 1. The average Bonchev–Trinajstić information content (AvgIpc) is 2.52. The fourth-order valence-electron chi connectivity index (χ4n) is 2.30. The summed E-state index contributed by atoms with van der Waals surface area (Å²) in [5, 5.41) is 13.5. The van der Waals surface area contributed by atoms with Crippen LogP contribution in [0.1, 0.15) is 31.7 Å². The molecule has 0 radical (unpaired) electrons. The van der Waals surface area contributed by atoms with Gasteiger partial charge in [0.1, 0.15) is 17.9 Å². The van der Waals surface area contributed by atoms with Gasteiger partial charge in [-0.05, 0) is 30.5 Å². The SMILES string of the molecule is CC(=O)N[C@@H](Cc1cccc(F)c1)C(=O)N[C@@H](CCCC#N)C(N)=O. The first-order chi connectivity index (χ1) is 11.8. The maximum atomic E-state index is 13.3. The number of nitrogens with zero attached hydrogens (tertiary/aromatic N) is 1. The summed E-state index contributed by atoms with van der Waals surface area (Å²) < 4.78 is 13.3. The van der Waals surface area contributed by atoms with Crippen LogP contribution >= 0.6 is 0 Å². The van der Waals surface area contributed by atoms with Crippen molar-refractivity contribution < 1.29 is 18.8 Å². The Morgan fingerprint density at radius 2 is 2.00 bits per heavy atom. The van der Waals surface area contributed by atoms with Crippen molar-refractivity contribution in [3.63, 3.8) is 0 Å². The summed E-state index contributed by atoms with van der Waals surface area (Å²) in [6, 6.07) is 5.70. The molecule has 0 saturated carbocycles. The van der Waals surface area contributed by atoms with Crippen molar-refractivity contribution in [3.05, 3.63) is 35.6 Å². The topological polar surface area (TPSA) is 125 Å². The normalized spacial score (nSPS) is 12.5. The predicted octanol–water partition coefficient (Wildman–Crippen LogP) is 0.537. The van der Waals surface area contributed by atoms with Crippen LogP contribution in [0.15, 0.2) is 24.3 Å². The Morgan fingerprint density at radius 1 is 1.28 bits per heavy atom. The van der Waals surface area contributed by atoms with E-state index in [-0.39, 0.29) is 19.3 Å². The van der Waals surface area contributed by atoms with E-state index in [1.165, 1.54) is 25.1 Å². The van der Waals surface area contributed by atoms with E-state index in [4.69, 9.17) is 11.0 Å². The molecule has 8 heteroatoms. The summed E-state index contributed by atoms with van der Waals surface area (Å²) >= 11 is 0. The number of rotatable bonds is 9. The van der Waals surface area contributed by atoms with E-state index < -0.39 is 35.6 Å². The number of nitrogens with two attached hydrogens (primary N) is 1. The van der Waals surface area contributed by atoms with Gasteiger partial charge in [0.05, 0.1) is 6.07 Å². The largest absolute Gasteiger partial charge is 0.368 e. The van der Waals surface area contributed by atoms with Crippen LogP contribution in [0.2, 0.25) is 0 Å². The number of hydrogen-bond donors (Lipinski definition) is 3. The molecule has 3 amide bonds. The molecule has 2 atom stereocenters. The highest BCUT2D eigenvalue weighted by Crippen LogP contribution is 2.08. The second kappa shape index (κ2) is 10.0. The summed E-state index contributed by atoms with van der Waals surface area (Å²) in [4.78, 5) is 35.2. The lowest BCUT2D eigenvalue weighted by molar-refractivity contribution is -0.130. The smallest absolute Gasteiger partial charge is 0.243 e. The summed E-state index contributed by atoms with van der Waals surface area (Å²) in [5.41, 5.74) is 5.79. The van der Waals surface area contributed by atoms with Crippen molar-refractivity contribution in [2.45, 2.75) is 44.7 Å². The van der Waals surface area contributed by atoms with Crippen LogP contribution in [-0.2, 0) is 20.8 Å². The van der Waals surface area contributed by atoms with Crippen LogP contribution in [0, 0.1) is 17.1 Å². The van der Waals surface area contributed by atoms with Gasteiger partial charge >= 0.3 is 0 Å². The quantitative estimate of drug-likeness (QED) is 0.563. The number of amides is 3. The monoisotopic (exact) mass is 348 g/mol. The zero-order chi connectivity index (χ0) is 18.8. The van der Waals surface area contributed by atoms with Gasteiger partial charge in [0.25, 0.3) is 0 Å². The second-order valence-electron chi connectivity index (χ2n) is 5.60. The molecule has 0 fully saturated rings. The van der Waals surface area contributed by atoms with E-state index in [0.717, 1.165) is 0 Å². The molecule has 4 N–H and O–H groups in total. The molecule has 0 saturated heterocycles. The number of unbranched alkanes of at least 4 members (excludes halogenated alkanes) is 1. The number of nitrogens with one attached hydrogen (secondary N) is 2. The zero-order valence-corrected chi connectivity index (χ0v) is 13.9. The second-order valence-corrected chi connectivity index (χ2v) is 5.60. The Balaban J connectivity index is 2.82. The lowest BCUT2D eigenvalue weighted by atomic mass is 10.0. The fourth-order valence-corrected chi connectivity index (χ4v) is 2.30. The van der Waals surface area contributed by atoms with Crippen molar-refractivity contribution in [2.24, 2.45) is 5.73 Å². The van der Waals surface area contributed by atoms with Gasteiger partial charge in [0, 0.05) is 19.8 Å². The molecule has 1 rings (SSSR count). The molecule has 0 aliphatic heterocycles. The van der Waals surface area contributed by atoms with E-state index in [2.05, 4.69) is 10.6 Å². The van der Waals surface area contributed by atoms with Crippen LogP contribution in [0.5, 0.6) is 0 Å². The van der Waals surface area contributed by atoms with Gasteiger partial charge in [0.2, 0.25) is 17.7 Å². The molecule has 0 heterocycles. The van der Waals surface area contributed by atoms with Crippen LogP contribution in [-0.4, -0.2) is 29.8 Å². The molecule has 0 aliphatic rings. The minimum Gasteiger partial charge on any atom is -0.368 e. The number of carbonyl (C=O) groups excluding carboxylic acids is 3. The molecule has 7 nitrogen and oxygen atoms in total. The van der Waals surface area contributed by atoms with Crippen molar-refractivity contribution in [2.75, 3.05) is 0 Å². The fraction of sp³-hybridized carbons (Fsp3) is 0.412. The molecule has 0 unspecified atom stereocenters. The zero-order valence-electron chi connectivity index (χ0n) is 13.9. The first-order valence-electron chi connectivity index (χ1n) is 7.81. The summed E-state index contributed by atoms with van der Waals surface area (Å²) in [6.07, 6.45) is 0.922. The summed E-state index contributed by atoms with van der Waals surface area (Å²) in [7, 11) is 0. The van der Waals surface area contributed by atoms with E-state index in [9.17, 15) is 18.8 Å². The molecule has 0 bridgehead atoms. The van der Waals surface area contributed by atoms with E-state index >= 15 is 0 Å². The first kappa shape index (κ1) is 20.1. The van der Waals surface area contributed by atoms with E-state index in [1.54, 1.807) is 6.07 Å². The lowest BCUT2D eigenvalue weighted by Gasteiger charge is -2.21. The van der Waals surface area contributed by atoms with E-state index in [0.29, 0.717) is 12.0 Å². The van der Waals surface area contributed by atoms with Crippen molar-refractivity contribution in [3.8, 4) is 6.07 Å². The highest BCUT2D eigenvalue weighted by Gasteiger charge is 2.25. The van der Waals surface area contributed by atoms with Gasteiger partial charge in [-0.3, -0.25) is 14.4 Å². The van der Waals surface area contributed by atoms with Gasteiger partial charge in [-0.25, -0.2) is 4.39 Å². The van der Waals surface area contributed by atoms with E-state index in [1.807, 2.05) is 6.07 Å². The lowest BCUT2D eigenvalue weighted by Crippen LogP contribution is -2.53. The highest BCUT2D eigenvalue weighted by molar-refractivity contribution is 5.91. The Morgan fingerprint density at radius 3 is 2.56 bits per heavy atom. The van der Waals surface area contributed by atoms with Gasteiger partial charge in [-0.2, -0.15) is 5.26 Å². The minimum absolute atomic E-state index is 0.0624. The maximum Gasteiger partial charge on any atom is 0.243 e. The molecule has 0 aliphatic carbocycles. The third-order valence-electron chi connectivity index (χ3n) is 3.46. The standard InChI is InChI=1S/C17H21FN4O3/c1-11(23)21-15(10-12-5-4-6-13(18)9-12)17(25)22-14(16(20)24)7-2-3-8-19/h4-6,9,14-15H,2-3,7,10H2,1H3,(H2,20,24)(H,21,23)(H,22,25)/t14-,15-/m0/s1. The highest BCUT2D eigenvalue weighted by atomic mass is 19.1. The van der Waals surface area contributed by atoms with Crippen LogP contribution in [0.3, 0.4) is 0 Å². The number of carbonyl (C=O) groups is 3. The number of benzene rings is 1. The molecule has 1 aromatic rings. The Bertz CT molecular complexity index is 672. The van der Waals surface area contributed by atoms with Crippen molar-refractivity contribution in [1.82, 2.24) is 10.6 Å². The molecule has 134 valence electrons. The third kappa shape index (κ3) is 7.44. The van der Waals surface area contributed by atoms with Crippen molar-refractivity contribution in [1.29, 1.82) is 5.26 Å². The van der Waals surface area contributed by atoms with Crippen LogP contribution in [0.4, 0.5) is 4.39 Å². The predicted molar refractivity (Wildman–Crippen MR) is 88.3 cm³/mol. The Labute approximate surface area is 145 Å².